The second kappa shape index (κ2) is 6.55. The van der Waals surface area contributed by atoms with Gasteiger partial charge in [-0.15, -0.1) is 13.2 Å². The van der Waals surface area contributed by atoms with Crippen molar-refractivity contribution in [1.29, 1.82) is 0 Å². The normalized spacial score (nSPS) is 10.0. The van der Waals surface area contributed by atoms with E-state index in [0.29, 0.717) is 0 Å². The van der Waals surface area contributed by atoms with Gasteiger partial charge in [0, 0.05) is 0 Å². The summed E-state index contributed by atoms with van der Waals surface area (Å²) in [6.07, 6.45) is -4.69. The van der Waals surface area contributed by atoms with Gasteiger partial charge in [-0.05, 0) is 12.1 Å². The lowest BCUT2D eigenvalue weighted by Crippen LogP contribution is -2.17. The molecule has 8 heteroatoms. The minimum Gasteiger partial charge on any atom is -0.430 e. The Balaban J connectivity index is 0.000000583. The molecule has 0 aliphatic carbocycles. The van der Waals surface area contributed by atoms with E-state index in [4.69, 9.17) is 21.6 Å². The molecule has 0 bridgehead atoms. The van der Waals surface area contributed by atoms with Crippen molar-refractivity contribution >= 4 is 19.3 Å². The van der Waals surface area contributed by atoms with E-state index in [1.165, 1.54) is 18.2 Å². The number of hydrogen-bond donors (Lipinski definition) is 2. The molecule has 0 saturated heterocycles. The van der Waals surface area contributed by atoms with Crippen LogP contribution in [0.2, 0.25) is 5.02 Å². The van der Waals surface area contributed by atoms with Crippen molar-refractivity contribution < 1.29 is 28.0 Å². The fraction of sp³-hybridized carbons (Fsp3) is 0.143. The monoisotopic (exact) mass is 242 g/mol. The Hall–Kier alpha value is -0.915. The van der Waals surface area contributed by atoms with Gasteiger partial charge in [0.2, 0.25) is 0 Å². The third-order valence-corrected chi connectivity index (χ3v) is 1.37. The molecule has 0 aliphatic rings. The molecular weight excluding hydrogens is 235 g/mol. The topological polar surface area (TPSA) is 49.7 Å². The molecule has 1 aromatic rings. The highest BCUT2D eigenvalue weighted by atomic mass is 35.5. The van der Waals surface area contributed by atoms with Crippen LogP contribution in [0, 0.1) is 0 Å². The van der Waals surface area contributed by atoms with Crippen molar-refractivity contribution in [2.45, 2.75) is 6.36 Å². The first kappa shape index (κ1) is 14.1. The zero-order valence-corrected chi connectivity index (χ0v) is 8.09. The molecule has 0 unspecified atom stereocenters. The van der Waals surface area contributed by atoms with E-state index >= 15 is 0 Å². The number of halogens is 4. The van der Waals surface area contributed by atoms with Gasteiger partial charge in [0.25, 0.3) is 0 Å². The van der Waals surface area contributed by atoms with Gasteiger partial charge >= 0.3 is 14.0 Å². The third kappa shape index (κ3) is 7.07. The number of alkyl halides is 3. The summed E-state index contributed by atoms with van der Waals surface area (Å²) in [5.74, 6) is -0.383. The van der Waals surface area contributed by atoms with Gasteiger partial charge in [0.1, 0.15) is 5.75 Å². The molecule has 0 saturated carbocycles. The van der Waals surface area contributed by atoms with Gasteiger partial charge < -0.3 is 14.8 Å². The number of hydrogen-bond acceptors (Lipinski definition) is 3. The predicted octanol–water partition coefficient (Wildman–Crippen LogP) is 1.48. The number of para-hydroxylation sites is 1. The quantitative estimate of drug-likeness (QED) is 0.733. The molecular formula is C7H7BClF3O3. The van der Waals surface area contributed by atoms with E-state index in [1.807, 2.05) is 0 Å². The Labute approximate surface area is 89.4 Å². The molecule has 0 aliphatic heterocycles. The van der Waals surface area contributed by atoms with E-state index in [-0.39, 0.29) is 10.8 Å². The first-order valence-electron chi connectivity index (χ1n) is 3.62. The fourth-order valence-corrected chi connectivity index (χ4v) is 0.826. The molecule has 84 valence electrons. The van der Waals surface area contributed by atoms with Crippen molar-refractivity contribution in [3.63, 3.8) is 0 Å². The lowest BCUT2D eigenvalue weighted by molar-refractivity contribution is -0.274. The van der Waals surface area contributed by atoms with E-state index in [9.17, 15) is 13.2 Å². The van der Waals surface area contributed by atoms with Crippen LogP contribution in [0.15, 0.2) is 24.3 Å². The Morgan fingerprint density at radius 1 is 1.20 bits per heavy atom. The third-order valence-electron chi connectivity index (χ3n) is 1.06. The molecule has 1 rings (SSSR count). The average Bonchev–Trinajstić information content (AvgIpc) is 2.08. The summed E-state index contributed by atoms with van der Waals surface area (Å²) in [6.45, 7) is 0. The van der Waals surface area contributed by atoms with Crippen molar-refractivity contribution in [2.75, 3.05) is 0 Å². The summed E-state index contributed by atoms with van der Waals surface area (Å²) < 4.78 is 38.5. The van der Waals surface area contributed by atoms with Crippen molar-refractivity contribution in [3.05, 3.63) is 29.3 Å². The van der Waals surface area contributed by atoms with E-state index in [2.05, 4.69) is 4.74 Å². The number of rotatable bonds is 1. The van der Waals surface area contributed by atoms with Crippen LogP contribution in [0.25, 0.3) is 0 Å². The first-order valence-corrected chi connectivity index (χ1v) is 4.00. The van der Waals surface area contributed by atoms with Crippen LogP contribution in [0.5, 0.6) is 5.75 Å². The smallest absolute Gasteiger partial charge is 0.430 e. The van der Waals surface area contributed by atoms with E-state index in [1.54, 1.807) is 0 Å². The molecule has 0 spiro atoms. The van der Waals surface area contributed by atoms with E-state index in [0.717, 1.165) is 6.07 Å². The molecule has 0 aromatic heterocycles. The molecule has 0 radical (unpaired) electrons. The van der Waals surface area contributed by atoms with Crippen LogP contribution in [0.1, 0.15) is 0 Å². The lowest BCUT2D eigenvalue weighted by Gasteiger charge is -2.09. The predicted molar refractivity (Wildman–Crippen MR) is 49.7 cm³/mol. The molecule has 0 amide bonds. The molecule has 15 heavy (non-hydrogen) atoms. The minimum atomic E-state index is -4.69. The van der Waals surface area contributed by atoms with Gasteiger partial charge in [-0.2, -0.15) is 0 Å². The van der Waals surface area contributed by atoms with E-state index < -0.39 is 14.0 Å². The van der Waals surface area contributed by atoms with Crippen molar-refractivity contribution in [3.8, 4) is 5.75 Å². The zero-order chi connectivity index (χ0) is 11.9. The summed E-state index contributed by atoms with van der Waals surface area (Å²) in [5, 5.41) is 14.2. The number of benzene rings is 1. The highest BCUT2D eigenvalue weighted by Crippen LogP contribution is 2.29. The van der Waals surface area contributed by atoms with Crippen LogP contribution >= 0.6 is 11.6 Å². The summed E-state index contributed by atoms with van der Waals surface area (Å²) in [4.78, 5) is 0. The minimum absolute atomic E-state index is 0.0603. The maximum Gasteiger partial charge on any atom is 0.573 e. The van der Waals surface area contributed by atoms with Crippen LogP contribution < -0.4 is 4.74 Å². The average molecular weight is 242 g/mol. The lowest BCUT2D eigenvalue weighted by atomic mass is 10.3. The standard InChI is InChI=1S/C7H4ClF3O.BH3O2/c8-5-3-1-2-4-6(5)12-7(9,10)11;2-1-3/h1-4H;1-3H. The van der Waals surface area contributed by atoms with Gasteiger partial charge in [-0.1, -0.05) is 23.7 Å². The van der Waals surface area contributed by atoms with Gasteiger partial charge in [-0.25, -0.2) is 0 Å². The first-order chi connectivity index (χ1) is 6.90. The van der Waals surface area contributed by atoms with Crippen LogP contribution in [0.4, 0.5) is 13.2 Å². The number of ether oxygens (including phenoxy) is 1. The summed E-state index contributed by atoms with van der Waals surface area (Å²) in [5.41, 5.74) is 0. The molecule has 1 aromatic carbocycles. The molecule has 0 heterocycles. The van der Waals surface area contributed by atoms with Gasteiger partial charge in [0.15, 0.2) is 0 Å². The van der Waals surface area contributed by atoms with Crippen LogP contribution in [-0.4, -0.2) is 24.1 Å². The molecule has 2 N–H and O–H groups in total. The summed E-state index contributed by atoms with van der Waals surface area (Å²) >= 11 is 5.41. The zero-order valence-electron chi connectivity index (χ0n) is 7.33. The maximum absolute atomic E-state index is 11.6. The summed E-state index contributed by atoms with van der Waals surface area (Å²) in [7, 11) is -0.750. The summed E-state index contributed by atoms with van der Waals surface area (Å²) in [6, 6.07) is 5.40. The maximum atomic E-state index is 11.6. The molecule has 0 atom stereocenters. The second-order valence-corrected chi connectivity index (χ2v) is 2.53. The Kier molecular flexibility index (Phi) is 6.15. The Morgan fingerprint density at radius 3 is 2.07 bits per heavy atom. The van der Waals surface area contributed by atoms with Crippen molar-refractivity contribution in [1.82, 2.24) is 0 Å². The van der Waals surface area contributed by atoms with Gasteiger partial charge in [-0.3, -0.25) is 0 Å². The highest BCUT2D eigenvalue weighted by molar-refractivity contribution is 6.32. The van der Waals surface area contributed by atoms with Gasteiger partial charge in [0.05, 0.1) is 5.02 Å². The van der Waals surface area contributed by atoms with Crippen LogP contribution in [0.3, 0.4) is 0 Å². The van der Waals surface area contributed by atoms with Crippen molar-refractivity contribution in [2.24, 2.45) is 0 Å². The largest absolute Gasteiger partial charge is 0.573 e. The molecule has 0 fully saturated rings. The Morgan fingerprint density at radius 2 is 1.67 bits per heavy atom. The fourth-order valence-electron chi connectivity index (χ4n) is 0.652. The second-order valence-electron chi connectivity index (χ2n) is 2.12. The Bertz CT molecular complexity index is 295. The highest BCUT2D eigenvalue weighted by Gasteiger charge is 2.31. The van der Waals surface area contributed by atoms with Crippen LogP contribution in [-0.2, 0) is 0 Å². The molecule has 3 nitrogen and oxygen atoms in total. The SMILES string of the molecule is FC(F)(F)Oc1ccccc1Cl.OBO.